The Morgan fingerprint density at radius 3 is 2.31 bits per heavy atom. The molecule has 3 heteroatoms. The molecule has 0 saturated heterocycles. The Balaban J connectivity index is 0.000000671. The van der Waals surface area contributed by atoms with Crippen LogP contribution in [0.5, 0.6) is 0 Å². The largest absolute Gasteiger partial charge is 0.389 e. The van der Waals surface area contributed by atoms with E-state index in [1.807, 2.05) is 27.0 Å². The van der Waals surface area contributed by atoms with Crippen molar-refractivity contribution in [1.29, 1.82) is 0 Å². The highest BCUT2D eigenvalue weighted by atomic mass is 16.3. The van der Waals surface area contributed by atoms with E-state index in [-0.39, 0.29) is 0 Å². The quantitative estimate of drug-likeness (QED) is 0.763. The molecule has 0 saturated carbocycles. The fraction of sp³-hybridized carbons (Fsp3) is 0.700. The lowest BCUT2D eigenvalue weighted by atomic mass is 10.1. The van der Waals surface area contributed by atoms with Gasteiger partial charge in [0.05, 0.1) is 18.3 Å². The van der Waals surface area contributed by atoms with E-state index in [1.54, 1.807) is 24.7 Å². The van der Waals surface area contributed by atoms with Crippen LogP contribution in [0.15, 0.2) is 12.4 Å². The predicted octanol–water partition coefficient (Wildman–Crippen LogP) is 1.99. The summed E-state index contributed by atoms with van der Waals surface area (Å²) in [6.45, 7) is 10.1. The fourth-order valence-corrected chi connectivity index (χ4v) is 0.950. The summed E-state index contributed by atoms with van der Waals surface area (Å²) in [5, 5.41) is 13.5. The topological polar surface area (TPSA) is 38.0 Å². The Labute approximate surface area is 80.4 Å². The molecule has 0 spiro atoms. The third kappa shape index (κ3) is 5.42. The van der Waals surface area contributed by atoms with E-state index in [1.165, 1.54) is 0 Å². The first-order chi connectivity index (χ1) is 5.97. The van der Waals surface area contributed by atoms with Gasteiger partial charge in [0.15, 0.2) is 0 Å². The second-order valence-corrected chi connectivity index (χ2v) is 3.53. The van der Waals surface area contributed by atoms with E-state index < -0.39 is 5.60 Å². The van der Waals surface area contributed by atoms with Crippen LogP contribution in [-0.2, 0) is 6.54 Å². The summed E-state index contributed by atoms with van der Waals surface area (Å²) in [5.41, 5.74) is 0.438. The van der Waals surface area contributed by atoms with Crippen molar-refractivity contribution in [2.75, 3.05) is 0 Å². The zero-order chi connectivity index (χ0) is 10.5. The molecule has 0 atom stereocenters. The predicted molar refractivity (Wildman–Crippen MR) is 54.6 cm³/mol. The molecule has 0 bridgehead atoms. The van der Waals surface area contributed by atoms with Gasteiger partial charge < -0.3 is 5.11 Å². The molecule has 1 aromatic heterocycles. The maximum Gasteiger partial charge on any atom is 0.0786 e. The Hall–Kier alpha value is -0.830. The van der Waals surface area contributed by atoms with Crippen LogP contribution < -0.4 is 0 Å². The Bertz CT molecular complexity index is 235. The average molecular weight is 184 g/mol. The number of nitrogens with zero attached hydrogens (tertiary/aromatic N) is 2. The molecule has 0 radical (unpaired) electrons. The van der Waals surface area contributed by atoms with Crippen molar-refractivity contribution in [3.05, 3.63) is 18.0 Å². The third-order valence-corrected chi connectivity index (χ3v) is 1.31. The first kappa shape index (κ1) is 12.2. The minimum atomic E-state index is -0.682. The summed E-state index contributed by atoms with van der Waals surface area (Å²) < 4.78 is 1.75. The molecule has 1 N–H and O–H groups in total. The highest BCUT2D eigenvalue weighted by Gasteiger charge is 2.13. The first-order valence-corrected chi connectivity index (χ1v) is 4.69. The SMILES string of the molecule is CC.Cc1cnn(CC(C)(C)O)c1. The number of aryl methyl sites for hydroxylation is 1. The second-order valence-electron chi connectivity index (χ2n) is 3.53. The summed E-state index contributed by atoms with van der Waals surface area (Å²) in [6, 6.07) is 0. The van der Waals surface area contributed by atoms with E-state index in [2.05, 4.69) is 5.10 Å². The van der Waals surface area contributed by atoms with Gasteiger partial charge in [0, 0.05) is 6.20 Å². The van der Waals surface area contributed by atoms with Crippen molar-refractivity contribution in [2.45, 2.75) is 46.8 Å². The van der Waals surface area contributed by atoms with Gasteiger partial charge in [-0.15, -0.1) is 0 Å². The molecule has 0 unspecified atom stereocenters. The average Bonchev–Trinajstić information content (AvgIpc) is 2.36. The molecule has 0 amide bonds. The molecule has 1 aromatic rings. The molecule has 0 fully saturated rings. The van der Waals surface area contributed by atoms with Crippen molar-refractivity contribution in [3.63, 3.8) is 0 Å². The Morgan fingerprint density at radius 2 is 2.00 bits per heavy atom. The number of rotatable bonds is 2. The minimum Gasteiger partial charge on any atom is -0.389 e. The van der Waals surface area contributed by atoms with Gasteiger partial charge in [-0.3, -0.25) is 4.68 Å². The van der Waals surface area contributed by atoms with Crippen LogP contribution >= 0.6 is 0 Å². The lowest BCUT2D eigenvalue weighted by Crippen LogP contribution is -2.26. The fourth-order valence-electron chi connectivity index (χ4n) is 0.950. The minimum absolute atomic E-state index is 0.542. The van der Waals surface area contributed by atoms with Crippen LogP contribution in [0.25, 0.3) is 0 Å². The summed E-state index contributed by atoms with van der Waals surface area (Å²) in [5.74, 6) is 0. The van der Waals surface area contributed by atoms with Crippen molar-refractivity contribution in [2.24, 2.45) is 0 Å². The van der Waals surface area contributed by atoms with Crippen LogP contribution in [0.3, 0.4) is 0 Å². The van der Waals surface area contributed by atoms with E-state index >= 15 is 0 Å². The van der Waals surface area contributed by atoms with Gasteiger partial charge in [0.2, 0.25) is 0 Å². The zero-order valence-corrected chi connectivity index (χ0v) is 9.20. The molecule has 0 aliphatic rings. The molecular formula is C10H20N2O. The number of hydrogen-bond acceptors (Lipinski definition) is 2. The number of aliphatic hydroxyl groups is 1. The normalized spacial score (nSPS) is 10.6. The van der Waals surface area contributed by atoms with Gasteiger partial charge in [-0.2, -0.15) is 5.10 Å². The smallest absolute Gasteiger partial charge is 0.0786 e. The molecule has 1 heterocycles. The lowest BCUT2D eigenvalue weighted by molar-refractivity contribution is 0.0577. The molecule has 0 aromatic carbocycles. The summed E-state index contributed by atoms with van der Waals surface area (Å²) >= 11 is 0. The summed E-state index contributed by atoms with van der Waals surface area (Å²) in [7, 11) is 0. The van der Waals surface area contributed by atoms with Crippen molar-refractivity contribution >= 4 is 0 Å². The summed E-state index contributed by atoms with van der Waals surface area (Å²) in [6.07, 6.45) is 3.70. The Kier molecular flexibility index (Phi) is 4.70. The van der Waals surface area contributed by atoms with Crippen LogP contribution in [0.2, 0.25) is 0 Å². The van der Waals surface area contributed by atoms with Crippen molar-refractivity contribution < 1.29 is 5.11 Å². The van der Waals surface area contributed by atoms with Gasteiger partial charge in [0.25, 0.3) is 0 Å². The van der Waals surface area contributed by atoms with Gasteiger partial charge in [0.1, 0.15) is 0 Å². The van der Waals surface area contributed by atoms with Gasteiger partial charge >= 0.3 is 0 Å². The molecule has 3 nitrogen and oxygen atoms in total. The van der Waals surface area contributed by atoms with E-state index in [0.29, 0.717) is 6.54 Å². The molecule has 0 aliphatic carbocycles. The van der Waals surface area contributed by atoms with Gasteiger partial charge in [-0.25, -0.2) is 0 Å². The highest BCUT2D eigenvalue weighted by molar-refractivity contribution is 4.99. The Morgan fingerprint density at radius 1 is 1.46 bits per heavy atom. The maximum atomic E-state index is 9.42. The van der Waals surface area contributed by atoms with Crippen LogP contribution in [0.1, 0.15) is 33.3 Å². The van der Waals surface area contributed by atoms with Crippen LogP contribution in [-0.4, -0.2) is 20.5 Å². The van der Waals surface area contributed by atoms with Gasteiger partial charge in [-0.1, -0.05) is 13.8 Å². The third-order valence-electron chi connectivity index (χ3n) is 1.31. The van der Waals surface area contributed by atoms with E-state index in [0.717, 1.165) is 5.56 Å². The van der Waals surface area contributed by atoms with Crippen LogP contribution in [0.4, 0.5) is 0 Å². The van der Waals surface area contributed by atoms with Crippen molar-refractivity contribution in [1.82, 2.24) is 9.78 Å². The lowest BCUT2D eigenvalue weighted by Gasteiger charge is -2.16. The molecule has 0 aliphatic heterocycles. The van der Waals surface area contributed by atoms with Crippen molar-refractivity contribution in [3.8, 4) is 0 Å². The van der Waals surface area contributed by atoms with E-state index in [9.17, 15) is 5.11 Å². The number of hydrogen-bond donors (Lipinski definition) is 1. The van der Waals surface area contributed by atoms with Gasteiger partial charge in [-0.05, 0) is 26.3 Å². The highest BCUT2D eigenvalue weighted by Crippen LogP contribution is 2.05. The molecular weight excluding hydrogens is 164 g/mol. The first-order valence-electron chi connectivity index (χ1n) is 4.69. The number of aromatic nitrogens is 2. The van der Waals surface area contributed by atoms with Crippen LogP contribution in [0, 0.1) is 6.92 Å². The zero-order valence-electron chi connectivity index (χ0n) is 9.20. The second kappa shape index (κ2) is 5.02. The molecule has 13 heavy (non-hydrogen) atoms. The van der Waals surface area contributed by atoms with E-state index in [4.69, 9.17) is 0 Å². The monoisotopic (exact) mass is 184 g/mol. The standard InChI is InChI=1S/C8H14N2O.C2H6/c1-7-4-9-10(5-7)6-8(2,3)11;1-2/h4-5,11H,6H2,1-3H3;1-2H3. The molecule has 1 rings (SSSR count). The molecule has 76 valence electrons. The summed E-state index contributed by atoms with van der Waals surface area (Å²) in [4.78, 5) is 0. The maximum absolute atomic E-state index is 9.42.